The summed E-state index contributed by atoms with van der Waals surface area (Å²) in [6, 6.07) is 3.15. The summed E-state index contributed by atoms with van der Waals surface area (Å²) < 4.78 is 0. The number of likely N-dealkylation sites (tertiary alicyclic amines) is 1. The van der Waals surface area contributed by atoms with Crippen LogP contribution >= 0.6 is 0 Å². The molecule has 0 bridgehead atoms. The summed E-state index contributed by atoms with van der Waals surface area (Å²) in [7, 11) is 0. The van der Waals surface area contributed by atoms with Gasteiger partial charge in [-0.15, -0.1) is 0 Å². The summed E-state index contributed by atoms with van der Waals surface area (Å²) in [5.74, 6) is 0. The molecule has 1 heterocycles. The van der Waals surface area contributed by atoms with Crippen LogP contribution in [0.4, 0.5) is 0 Å². The quantitative estimate of drug-likeness (QED) is 0.648. The number of nitrogens with zero attached hydrogens (tertiary/aromatic N) is 2. The molecule has 1 unspecified atom stereocenters. The first kappa shape index (κ1) is 9.02. The summed E-state index contributed by atoms with van der Waals surface area (Å²) in [5, 5.41) is 9.00. The van der Waals surface area contributed by atoms with Gasteiger partial charge >= 0.3 is 0 Å². The molecular weight excluding hydrogens is 160 g/mol. The van der Waals surface area contributed by atoms with Crippen LogP contribution in [0, 0.1) is 16.7 Å². The van der Waals surface area contributed by atoms with Crippen molar-refractivity contribution in [3.05, 3.63) is 0 Å². The second-order valence-corrected chi connectivity index (χ2v) is 5.39. The van der Waals surface area contributed by atoms with Crippen LogP contribution < -0.4 is 0 Å². The lowest BCUT2D eigenvalue weighted by Crippen LogP contribution is -2.62. The second kappa shape index (κ2) is 2.48. The Labute approximate surface area is 80.5 Å². The van der Waals surface area contributed by atoms with Crippen molar-refractivity contribution in [1.29, 1.82) is 5.26 Å². The highest BCUT2D eigenvalue weighted by Gasteiger charge is 2.51. The molecule has 0 aromatic carbocycles. The van der Waals surface area contributed by atoms with Crippen LogP contribution in [0.3, 0.4) is 0 Å². The number of rotatable bonds is 2. The zero-order valence-corrected chi connectivity index (χ0v) is 8.80. The van der Waals surface area contributed by atoms with Crippen molar-refractivity contribution in [1.82, 2.24) is 4.90 Å². The smallest absolute Gasteiger partial charge is 0.0703 e. The van der Waals surface area contributed by atoms with Gasteiger partial charge in [0, 0.05) is 18.1 Å². The van der Waals surface area contributed by atoms with Crippen molar-refractivity contribution in [3.63, 3.8) is 0 Å². The van der Waals surface area contributed by atoms with Crippen LogP contribution in [0.15, 0.2) is 0 Å². The van der Waals surface area contributed by atoms with Gasteiger partial charge in [-0.1, -0.05) is 0 Å². The van der Waals surface area contributed by atoms with Gasteiger partial charge in [-0.05, 0) is 40.0 Å². The normalized spacial score (nSPS) is 34.8. The van der Waals surface area contributed by atoms with Gasteiger partial charge in [0.05, 0.1) is 11.5 Å². The van der Waals surface area contributed by atoms with Crippen molar-refractivity contribution in [3.8, 4) is 6.07 Å². The molecule has 1 atom stereocenters. The average Bonchev–Trinajstić information content (AvgIpc) is 2.80. The summed E-state index contributed by atoms with van der Waals surface area (Å²) in [6.07, 6.45) is 3.50. The predicted molar refractivity (Wildman–Crippen MR) is 52.1 cm³/mol. The first-order valence-electron chi connectivity index (χ1n) is 5.17. The highest BCUT2D eigenvalue weighted by atomic mass is 15.3. The minimum absolute atomic E-state index is 0.0337. The Balaban J connectivity index is 1.99. The average molecular weight is 178 g/mol. The molecule has 2 aliphatic rings. The first-order valence-corrected chi connectivity index (χ1v) is 5.17. The SMILES string of the molecule is CC1CC(C)(C)N1CC1(C#N)CC1. The van der Waals surface area contributed by atoms with Gasteiger partial charge in [-0.25, -0.2) is 0 Å². The van der Waals surface area contributed by atoms with E-state index in [2.05, 4.69) is 31.7 Å². The van der Waals surface area contributed by atoms with Gasteiger partial charge in [-0.2, -0.15) is 5.26 Å². The van der Waals surface area contributed by atoms with E-state index in [1.54, 1.807) is 0 Å². The lowest BCUT2D eigenvalue weighted by Gasteiger charge is -2.55. The molecular formula is C11H18N2. The number of nitriles is 1. The van der Waals surface area contributed by atoms with Crippen LogP contribution in [0.2, 0.25) is 0 Å². The molecule has 0 aromatic rings. The predicted octanol–water partition coefficient (Wildman–Crippen LogP) is 2.16. The maximum absolute atomic E-state index is 9.00. The Kier molecular flexibility index (Phi) is 1.72. The van der Waals surface area contributed by atoms with Crippen molar-refractivity contribution in [2.75, 3.05) is 6.54 Å². The maximum Gasteiger partial charge on any atom is 0.0703 e. The van der Waals surface area contributed by atoms with Gasteiger partial charge in [0.25, 0.3) is 0 Å². The van der Waals surface area contributed by atoms with E-state index in [0.29, 0.717) is 11.6 Å². The van der Waals surface area contributed by atoms with Crippen LogP contribution in [-0.4, -0.2) is 23.0 Å². The van der Waals surface area contributed by atoms with Gasteiger partial charge in [0.2, 0.25) is 0 Å². The van der Waals surface area contributed by atoms with Gasteiger partial charge in [0.15, 0.2) is 0 Å². The molecule has 72 valence electrons. The molecule has 1 saturated carbocycles. The highest BCUT2D eigenvalue weighted by Crippen LogP contribution is 2.49. The summed E-state index contributed by atoms with van der Waals surface area (Å²) in [5.41, 5.74) is 0.373. The monoisotopic (exact) mass is 178 g/mol. The summed E-state index contributed by atoms with van der Waals surface area (Å²) in [6.45, 7) is 7.82. The minimum atomic E-state index is 0.0337. The Hall–Kier alpha value is -0.550. The van der Waals surface area contributed by atoms with Crippen LogP contribution in [-0.2, 0) is 0 Å². The third kappa shape index (κ3) is 1.36. The molecule has 0 radical (unpaired) electrons. The van der Waals surface area contributed by atoms with E-state index < -0.39 is 0 Å². The third-order valence-corrected chi connectivity index (χ3v) is 3.67. The molecule has 0 N–H and O–H groups in total. The molecule has 0 spiro atoms. The zero-order chi connectivity index (χ0) is 9.69. The fourth-order valence-electron chi connectivity index (χ4n) is 2.59. The van der Waals surface area contributed by atoms with Crippen molar-refractivity contribution < 1.29 is 0 Å². The van der Waals surface area contributed by atoms with Crippen LogP contribution in [0.25, 0.3) is 0 Å². The van der Waals surface area contributed by atoms with Crippen molar-refractivity contribution in [2.45, 2.75) is 51.6 Å². The van der Waals surface area contributed by atoms with Crippen molar-refractivity contribution >= 4 is 0 Å². The lowest BCUT2D eigenvalue weighted by molar-refractivity contribution is -0.0492. The molecule has 1 aliphatic carbocycles. The van der Waals surface area contributed by atoms with Gasteiger partial charge in [0.1, 0.15) is 0 Å². The largest absolute Gasteiger partial charge is 0.294 e. The molecule has 2 rings (SSSR count). The molecule has 0 amide bonds. The zero-order valence-electron chi connectivity index (χ0n) is 8.80. The first-order chi connectivity index (χ1) is 5.99. The maximum atomic E-state index is 9.00. The Bertz CT molecular complexity index is 258. The number of hydrogen-bond donors (Lipinski definition) is 0. The van der Waals surface area contributed by atoms with E-state index in [1.165, 1.54) is 6.42 Å². The topological polar surface area (TPSA) is 27.0 Å². The molecule has 1 saturated heterocycles. The summed E-state index contributed by atoms with van der Waals surface area (Å²) >= 11 is 0. The van der Waals surface area contributed by atoms with E-state index in [-0.39, 0.29) is 5.41 Å². The van der Waals surface area contributed by atoms with E-state index in [0.717, 1.165) is 19.4 Å². The van der Waals surface area contributed by atoms with Crippen LogP contribution in [0.5, 0.6) is 0 Å². The van der Waals surface area contributed by atoms with E-state index >= 15 is 0 Å². The van der Waals surface area contributed by atoms with Crippen LogP contribution in [0.1, 0.15) is 40.0 Å². The van der Waals surface area contributed by atoms with E-state index in [4.69, 9.17) is 5.26 Å². The standard InChI is InChI=1S/C11H18N2/c1-9-6-10(2,3)13(9)8-11(7-12)4-5-11/h9H,4-6,8H2,1-3H3. The number of hydrogen-bond acceptors (Lipinski definition) is 2. The minimum Gasteiger partial charge on any atom is -0.294 e. The Morgan fingerprint density at radius 3 is 2.38 bits per heavy atom. The van der Waals surface area contributed by atoms with Gasteiger partial charge in [-0.3, -0.25) is 4.90 Å². The van der Waals surface area contributed by atoms with Crippen molar-refractivity contribution in [2.24, 2.45) is 5.41 Å². The summed E-state index contributed by atoms with van der Waals surface area (Å²) in [4.78, 5) is 2.49. The van der Waals surface area contributed by atoms with E-state index in [9.17, 15) is 0 Å². The second-order valence-electron chi connectivity index (χ2n) is 5.39. The molecule has 13 heavy (non-hydrogen) atoms. The molecule has 2 fully saturated rings. The highest BCUT2D eigenvalue weighted by molar-refractivity contribution is 5.14. The van der Waals surface area contributed by atoms with Gasteiger partial charge < -0.3 is 0 Å². The fraction of sp³-hybridized carbons (Fsp3) is 0.909. The Morgan fingerprint density at radius 2 is 2.08 bits per heavy atom. The Morgan fingerprint density at radius 1 is 1.46 bits per heavy atom. The molecule has 2 heteroatoms. The molecule has 0 aromatic heterocycles. The molecule has 1 aliphatic heterocycles. The molecule has 2 nitrogen and oxygen atoms in total. The third-order valence-electron chi connectivity index (χ3n) is 3.67. The fourth-order valence-corrected chi connectivity index (χ4v) is 2.59. The lowest BCUT2D eigenvalue weighted by atomic mass is 9.81. The van der Waals surface area contributed by atoms with E-state index in [1.807, 2.05) is 0 Å².